The Morgan fingerprint density at radius 1 is 1.50 bits per heavy atom. The van der Waals surface area contributed by atoms with Crippen LogP contribution in [0, 0.1) is 11.3 Å². The van der Waals surface area contributed by atoms with Gasteiger partial charge in [0, 0.05) is 6.20 Å². The maximum Gasteiger partial charge on any atom is 0.123 e. The Morgan fingerprint density at radius 3 is 2.67 bits per heavy atom. The normalized spacial score (nSPS) is 9.92. The average Bonchev–Trinajstić information content (AvgIpc) is 2.05. The number of halogens is 3. The molecule has 0 spiro atoms. The van der Waals surface area contributed by atoms with Gasteiger partial charge < -0.3 is 0 Å². The molecule has 0 bridgehead atoms. The second kappa shape index (κ2) is 4.35. The van der Waals surface area contributed by atoms with Crippen LogP contribution in [0.1, 0.15) is 14.9 Å². The predicted molar refractivity (Wildman–Crippen MR) is 57.2 cm³/mol. The summed E-state index contributed by atoms with van der Waals surface area (Å²) in [5, 5.41) is 8.67. The van der Waals surface area contributed by atoms with Crippen molar-refractivity contribution >= 4 is 47.8 Å². The molecule has 0 saturated heterocycles. The fraction of sp³-hybridized carbons (Fsp3) is 0.143. The van der Waals surface area contributed by atoms with Gasteiger partial charge in [0.15, 0.2) is 0 Å². The maximum atomic E-state index is 8.67. The highest BCUT2D eigenvalue weighted by Gasteiger charge is 2.06. The molecule has 0 saturated carbocycles. The standard InChI is InChI=1S/C7H3Br3N2/c8-6(9)5-1-4(2-11)7(10)12-3-5/h1,3,6H. The minimum Gasteiger partial charge on any atom is -0.248 e. The molecule has 1 heterocycles. The van der Waals surface area contributed by atoms with E-state index in [1.54, 1.807) is 12.3 Å². The van der Waals surface area contributed by atoms with Crippen molar-refractivity contribution in [3.05, 3.63) is 28.0 Å². The molecule has 0 aliphatic carbocycles. The van der Waals surface area contributed by atoms with Crippen molar-refractivity contribution in [1.82, 2.24) is 4.98 Å². The third-order valence-corrected chi connectivity index (χ3v) is 2.92. The second-order valence-electron chi connectivity index (χ2n) is 2.02. The highest BCUT2D eigenvalue weighted by molar-refractivity contribution is 9.24. The van der Waals surface area contributed by atoms with Gasteiger partial charge in [0.1, 0.15) is 10.7 Å². The molecular weight excluding hydrogens is 352 g/mol. The lowest BCUT2D eigenvalue weighted by Gasteiger charge is -2.01. The Bertz CT molecular complexity index is 330. The number of pyridine rings is 1. The number of nitrogens with zero attached hydrogens (tertiary/aromatic N) is 2. The third-order valence-electron chi connectivity index (χ3n) is 1.23. The molecule has 5 heteroatoms. The van der Waals surface area contributed by atoms with Crippen LogP contribution in [0.15, 0.2) is 16.9 Å². The number of alkyl halides is 2. The second-order valence-corrected chi connectivity index (χ2v) is 5.83. The van der Waals surface area contributed by atoms with Crippen LogP contribution >= 0.6 is 47.8 Å². The number of aromatic nitrogens is 1. The van der Waals surface area contributed by atoms with Gasteiger partial charge in [-0.1, -0.05) is 31.9 Å². The molecule has 62 valence electrons. The first kappa shape index (κ1) is 10.2. The molecule has 0 amide bonds. The molecular formula is C7H3Br3N2. The van der Waals surface area contributed by atoms with E-state index < -0.39 is 0 Å². The summed E-state index contributed by atoms with van der Waals surface area (Å²) in [6.07, 6.45) is 1.69. The number of hydrogen-bond donors (Lipinski definition) is 0. The van der Waals surface area contributed by atoms with Crippen molar-refractivity contribution in [1.29, 1.82) is 5.26 Å². The molecule has 2 nitrogen and oxygen atoms in total. The van der Waals surface area contributed by atoms with E-state index in [1.807, 2.05) is 6.07 Å². The van der Waals surface area contributed by atoms with Crippen LogP contribution in [-0.2, 0) is 0 Å². The van der Waals surface area contributed by atoms with Crippen LogP contribution < -0.4 is 0 Å². The van der Waals surface area contributed by atoms with Gasteiger partial charge in [-0.3, -0.25) is 0 Å². The van der Waals surface area contributed by atoms with Crippen LogP contribution in [0.4, 0.5) is 0 Å². The van der Waals surface area contributed by atoms with E-state index in [0.717, 1.165) is 5.56 Å². The fourth-order valence-corrected chi connectivity index (χ4v) is 1.47. The zero-order chi connectivity index (χ0) is 9.14. The third kappa shape index (κ3) is 2.28. The molecule has 0 N–H and O–H groups in total. The highest BCUT2D eigenvalue weighted by atomic mass is 79.9. The molecule has 0 unspecified atom stereocenters. The summed E-state index contributed by atoms with van der Waals surface area (Å²) in [4.78, 5) is 4.01. The van der Waals surface area contributed by atoms with Gasteiger partial charge in [-0.2, -0.15) is 5.26 Å². The minimum absolute atomic E-state index is 0.0395. The van der Waals surface area contributed by atoms with E-state index >= 15 is 0 Å². The van der Waals surface area contributed by atoms with E-state index in [0.29, 0.717) is 10.2 Å². The van der Waals surface area contributed by atoms with Gasteiger partial charge in [0.25, 0.3) is 0 Å². The largest absolute Gasteiger partial charge is 0.248 e. The molecule has 0 atom stereocenters. The van der Waals surface area contributed by atoms with Crippen molar-refractivity contribution in [2.24, 2.45) is 0 Å². The van der Waals surface area contributed by atoms with Crippen LogP contribution in [0.3, 0.4) is 0 Å². The molecule has 0 radical (unpaired) electrons. The molecule has 1 aromatic heterocycles. The van der Waals surface area contributed by atoms with Crippen molar-refractivity contribution < 1.29 is 0 Å². The lowest BCUT2D eigenvalue weighted by Crippen LogP contribution is -1.88. The van der Waals surface area contributed by atoms with Crippen molar-refractivity contribution in [2.75, 3.05) is 0 Å². The van der Waals surface area contributed by atoms with Crippen LogP contribution in [-0.4, -0.2) is 4.98 Å². The van der Waals surface area contributed by atoms with Gasteiger partial charge in [-0.05, 0) is 27.6 Å². The van der Waals surface area contributed by atoms with Crippen molar-refractivity contribution in [3.63, 3.8) is 0 Å². The smallest absolute Gasteiger partial charge is 0.123 e. The van der Waals surface area contributed by atoms with Crippen molar-refractivity contribution in [3.8, 4) is 6.07 Å². The summed E-state index contributed by atoms with van der Waals surface area (Å²) >= 11 is 9.82. The van der Waals surface area contributed by atoms with Gasteiger partial charge in [-0.15, -0.1) is 0 Å². The van der Waals surface area contributed by atoms with E-state index in [2.05, 4.69) is 52.8 Å². The number of hydrogen-bond acceptors (Lipinski definition) is 2. The van der Waals surface area contributed by atoms with Crippen LogP contribution in [0.2, 0.25) is 0 Å². The summed E-state index contributed by atoms with van der Waals surface area (Å²) in [5.74, 6) is 0. The summed E-state index contributed by atoms with van der Waals surface area (Å²) in [7, 11) is 0. The Morgan fingerprint density at radius 2 is 2.17 bits per heavy atom. The predicted octanol–water partition coefficient (Wildman–Crippen LogP) is 3.50. The zero-order valence-corrected chi connectivity index (χ0v) is 10.5. The van der Waals surface area contributed by atoms with E-state index in [1.165, 1.54) is 0 Å². The first-order valence-electron chi connectivity index (χ1n) is 2.99. The maximum absolute atomic E-state index is 8.67. The molecule has 1 aromatic rings. The van der Waals surface area contributed by atoms with Gasteiger partial charge >= 0.3 is 0 Å². The number of nitriles is 1. The summed E-state index contributed by atoms with van der Waals surface area (Å²) in [6.45, 7) is 0. The molecule has 1 rings (SSSR count). The van der Waals surface area contributed by atoms with Gasteiger partial charge in [0.05, 0.1) is 9.30 Å². The first-order valence-corrected chi connectivity index (χ1v) is 5.61. The fourth-order valence-electron chi connectivity index (χ4n) is 0.662. The van der Waals surface area contributed by atoms with Crippen LogP contribution in [0.25, 0.3) is 0 Å². The summed E-state index contributed by atoms with van der Waals surface area (Å²) in [6, 6.07) is 3.81. The first-order chi connectivity index (χ1) is 5.65. The lowest BCUT2D eigenvalue weighted by atomic mass is 10.2. The highest BCUT2D eigenvalue weighted by Crippen LogP contribution is 2.30. The van der Waals surface area contributed by atoms with E-state index in [4.69, 9.17) is 5.26 Å². The number of rotatable bonds is 1. The quantitative estimate of drug-likeness (QED) is 0.571. The van der Waals surface area contributed by atoms with E-state index in [-0.39, 0.29) is 3.74 Å². The average molecular weight is 355 g/mol. The van der Waals surface area contributed by atoms with Gasteiger partial charge in [-0.25, -0.2) is 4.98 Å². The lowest BCUT2D eigenvalue weighted by molar-refractivity contribution is 1.20. The Hall–Kier alpha value is 0.0800. The minimum atomic E-state index is 0.0395. The van der Waals surface area contributed by atoms with Gasteiger partial charge in [0.2, 0.25) is 0 Å². The van der Waals surface area contributed by atoms with Crippen LogP contribution in [0.5, 0.6) is 0 Å². The SMILES string of the molecule is N#Cc1cc(C(Br)Br)cnc1Br. The molecule has 0 fully saturated rings. The Balaban J connectivity index is 3.16. The molecule has 0 aliphatic heterocycles. The monoisotopic (exact) mass is 352 g/mol. The molecule has 0 aromatic carbocycles. The van der Waals surface area contributed by atoms with E-state index in [9.17, 15) is 0 Å². The van der Waals surface area contributed by atoms with Crippen molar-refractivity contribution in [2.45, 2.75) is 3.74 Å². The zero-order valence-electron chi connectivity index (χ0n) is 5.76. The Kier molecular flexibility index (Phi) is 3.69. The summed E-state index contributed by atoms with van der Waals surface area (Å²) in [5.41, 5.74) is 1.46. The Labute approximate surface area is 95.4 Å². The molecule has 0 aliphatic rings. The molecule has 12 heavy (non-hydrogen) atoms. The topological polar surface area (TPSA) is 36.7 Å². The summed E-state index contributed by atoms with van der Waals surface area (Å²) < 4.78 is 0.618.